The minimum absolute atomic E-state index is 0.0372. The number of benzene rings is 1. The molecule has 0 unspecified atom stereocenters. The average molecular weight is 459 g/mol. The number of hydrogen-bond acceptors (Lipinski definition) is 7. The van der Waals surface area contributed by atoms with Gasteiger partial charge in [0.2, 0.25) is 0 Å². The summed E-state index contributed by atoms with van der Waals surface area (Å²) in [6.45, 7) is 11.9. The van der Waals surface area contributed by atoms with Gasteiger partial charge in [0.05, 0.1) is 11.2 Å². The van der Waals surface area contributed by atoms with E-state index in [0.717, 1.165) is 12.0 Å². The second kappa shape index (κ2) is 11.0. The van der Waals surface area contributed by atoms with Crippen LogP contribution < -0.4 is 20.1 Å². The van der Waals surface area contributed by atoms with Crippen molar-refractivity contribution in [1.82, 2.24) is 20.6 Å². The van der Waals surface area contributed by atoms with E-state index >= 15 is 0 Å². The first-order chi connectivity index (χ1) is 15.4. The summed E-state index contributed by atoms with van der Waals surface area (Å²) in [6, 6.07) is 9.02. The van der Waals surface area contributed by atoms with Gasteiger partial charge in [0.25, 0.3) is 0 Å². The Kier molecular flexibility index (Phi) is 8.62. The van der Waals surface area contributed by atoms with Gasteiger partial charge < -0.3 is 24.8 Å². The highest BCUT2D eigenvalue weighted by Gasteiger charge is 2.31. The third-order valence-electron chi connectivity index (χ3n) is 4.39. The third kappa shape index (κ3) is 8.96. The Balaban J connectivity index is 2.07. The number of hydrogen-bond donors (Lipinski definition) is 2. The maximum absolute atomic E-state index is 12.3. The van der Waals surface area contributed by atoms with Crippen LogP contribution in [0.4, 0.5) is 9.59 Å². The molecule has 2 rings (SSSR count). The van der Waals surface area contributed by atoms with E-state index in [0.29, 0.717) is 17.4 Å². The van der Waals surface area contributed by atoms with Gasteiger partial charge >= 0.3 is 18.2 Å². The number of rotatable bonds is 8. The monoisotopic (exact) mass is 458 g/mol. The van der Waals surface area contributed by atoms with E-state index < -0.39 is 23.3 Å². The van der Waals surface area contributed by atoms with Gasteiger partial charge in [0.1, 0.15) is 18.0 Å². The number of carbonyl (C=O) groups is 2. The molecule has 2 N–H and O–H groups in total. The summed E-state index contributed by atoms with van der Waals surface area (Å²) >= 11 is 0. The van der Waals surface area contributed by atoms with Crippen molar-refractivity contribution in [2.45, 2.75) is 59.1 Å². The topological polar surface area (TPSA) is 112 Å². The summed E-state index contributed by atoms with van der Waals surface area (Å²) < 4.78 is 16.4. The molecular formula is C24H34N4O5. The summed E-state index contributed by atoms with van der Waals surface area (Å²) in [5.41, 5.74) is 0.231. The third-order valence-corrected chi connectivity index (χ3v) is 4.39. The number of aromatic nitrogens is 2. The summed E-state index contributed by atoms with van der Waals surface area (Å²) in [7, 11) is 1.46. The Hall–Kier alpha value is -3.36. The molecule has 0 aliphatic heterocycles. The highest BCUT2D eigenvalue weighted by Crippen LogP contribution is 2.24. The van der Waals surface area contributed by atoms with Gasteiger partial charge in [-0.05, 0) is 70.4 Å². The molecule has 9 nitrogen and oxygen atoms in total. The fourth-order valence-electron chi connectivity index (χ4n) is 3.25. The lowest BCUT2D eigenvalue weighted by Crippen LogP contribution is -2.52. The second-order valence-electron chi connectivity index (χ2n) is 9.46. The van der Waals surface area contributed by atoms with Crippen LogP contribution in [0.1, 0.15) is 48.0 Å². The molecule has 1 aromatic heterocycles. The Bertz CT molecular complexity index is 941. The molecule has 33 heavy (non-hydrogen) atoms. The van der Waals surface area contributed by atoms with Crippen LogP contribution in [0.15, 0.2) is 36.5 Å². The molecule has 0 aliphatic carbocycles. The van der Waals surface area contributed by atoms with Crippen LogP contribution in [0, 0.1) is 5.92 Å². The zero-order valence-electron chi connectivity index (χ0n) is 20.4. The van der Waals surface area contributed by atoms with E-state index in [9.17, 15) is 9.59 Å². The fourth-order valence-corrected chi connectivity index (χ4v) is 3.25. The standard InChI is InChI=1S/C24H34N4O5/c1-16(2)14-24(6,28-22(30)33-23(3,4)5)15-31-18-10-8-17(9-11-18)19-12-13-26-20(27-19)32-21(29)25-7/h8-13,16H,14-15H2,1-7H3,(H,25,29)(H,28,30)/t24-/m0/s1. The highest BCUT2D eigenvalue weighted by atomic mass is 16.6. The molecule has 1 atom stereocenters. The molecule has 0 fully saturated rings. The van der Waals surface area contributed by atoms with Gasteiger partial charge in [-0.2, -0.15) is 4.98 Å². The van der Waals surface area contributed by atoms with Crippen molar-refractivity contribution in [3.63, 3.8) is 0 Å². The van der Waals surface area contributed by atoms with E-state index in [4.69, 9.17) is 14.2 Å². The van der Waals surface area contributed by atoms with Crippen LogP contribution in [0.5, 0.6) is 11.8 Å². The SMILES string of the molecule is CNC(=O)Oc1nccc(-c2ccc(OC[C@](C)(CC(C)C)NC(=O)OC(C)(C)C)cc2)n1. The van der Waals surface area contributed by atoms with Crippen molar-refractivity contribution in [2.75, 3.05) is 13.7 Å². The molecule has 9 heteroatoms. The van der Waals surface area contributed by atoms with Gasteiger partial charge in [0, 0.05) is 18.8 Å². The molecule has 180 valence electrons. The smallest absolute Gasteiger partial charge is 0.414 e. The van der Waals surface area contributed by atoms with Crippen molar-refractivity contribution in [2.24, 2.45) is 5.92 Å². The Morgan fingerprint density at radius 1 is 1.03 bits per heavy atom. The normalized spacial score (nSPS) is 13.1. The van der Waals surface area contributed by atoms with E-state index in [1.165, 1.54) is 13.2 Å². The summed E-state index contributed by atoms with van der Waals surface area (Å²) in [6.07, 6.45) is 1.13. The number of ether oxygens (including phenoxy) is 3. The van der Waals surface area contributed by atoms with Crippen LogP contribution in [-0.2, 0) is 4.74 Å². The lowest BCUT2D eigenvalue weighted by molar-refractivity contribution is 0.0408. The first kappa shape index (κ1) is 25.9. The van der Waals surface area contributed by atoms with E-state index in [2.05, 4.69) is 34.4 Å². The molecule has 0 saturated carbocycles. The quantitative estimate of drug-likeness (QED) is 0.596. The molecule has 0 radical (unpaired) electrons. The van der Waals surface area contributed by atoms with Crippen LogP contribution in [0.25, 0.3) is 11.3 Å². The molecule has 1 aromatic carbocycles. The largest absolute Gasteiger partial charge is 0.491 e. The molecule has 0 bridgehead atoms. The molecule has 2 aromatic rings. The molecule has 1 heterocycles. The molecule has 0 spiro atoms. The zero-order chi connectivity index (χ0) is 24.6. The average Bonchev–Trinajstić information content (AvgIpc) is 2.70. The van der Waals surface area contributed by atoms with Crippen molar-refractivity contribution in [1.29, 1.82) is 0 Å². The molecule has 0 aliphatic rings. The van der Waals surface area contributed by atoms with E-state index in [1.807, 2.05) is 52.0 Å². The van der Waals surface area contributed by atoms with Crippen LogP contribution >= 0.6 is 0 Å². The fraction of sp³-hybridized carbons (Fsp3) is 0.500. The Labute approximate surface area is 195 Å². The zero-order valence-corrected chi connectivity index (χ0v) is 20.4. The lowest BCUT2D eigenvalue weighted by Gasteiger charge is -2.33. The number of carbonyl (C=O) groups excluding carboxylic acids is 2. The Morgan fingerprint density at radius 2 is 1.70 bits per heavy atom. The minimum atomic E-state index is -0.639. The van der Waals surface area contributed by atoms with Gasteiger partial charge in [-0.3, -0.25) is 0 Å². The predicted molar refractivity (Wildman–Crippen MR) is 125 cm³/mol. The minimum Gasteiger partial charge on any atom is -0.491 e. The van der Waals surface area contributed by atoms with E-state index in [-0.39, 0.29) is 12.6 Å². The Morgan fingerprint density at radius 3 is 2.27 bits per heavy atom. The summed E-state index contributed by atoms with van der Waals surface area (Å²) in [5.74, 6) is 0.996. The number of alkyl carbamates (subject to hydrolysis) is 1. The first-order valence-corrected chi connectivity index (χ1v) is 10.9. The highest BCUT2D eigenvalue weighted by molar-refractivity contribution is 5.69. The molecule has 2 amide bonds. The van der Waals surface area contributed by atoms with Crippen molar-refractivity contribution in [3.05, 3.63) is 36.5 Å². The van der Waals surface area contributed by atoms with Crippen molar-refractivity contribution < 1.29 is 23.8 Å². The van der Waals surface area contributed by atoms with Crippen LogP contribution in [0.2, 0.25) is 0 Å². The number of nitrogens with zero attached hydrogens (tertiary/aromatic N) is 2. The van der Waals surface area contributed by atoms with Gasteiger partial charge in [0.15, 0.2) is 0 Å². The van der Waals surface area contributed by atoms with Crippen molar-refractivity contribution in [3.8, 4) is 23.0 Å². The van der Waals surface area contributed by atoms with Crippen LogP contribution in [-0.4, -0.2) is 46.9 Å². The van der Waals surface area contributed by atoms with Gasteiger partial charge in [-0.15, -0.1) is 0 Å². The number of nitrogens with one attached hydrogen (secondary N) is 2. The molecular weight excluding hydrogens is 424 g/mol. The van der Waals surface area contributed by atoms with Gasteiger partial charge in [-0.25, -0.2) is 14.6 Å². The maximum atomic E-state index is 12.3. The maximum Gasteiger partial charge on any atom is 0.414 e. The van der Waals surface area contributed by atoms with Crippen molar-refractivity contribution >= 4 is 12.2 Å². The van der Waals surface area contributed by atoms with Gasteiger partial charge in [-0.1, -0.05) is 13.8 Å². The predicted octanol–water partition coefficient (Wildman–Crippen LogP) is 4.57. The summed E-state index contributed by atoms with van der Waals surface area (Å²) in [4.78, 5) is 31.9. The second-order valence-corrected chi connectivity index (χ2v) is 9.46. The van der Waals surface area contributed by atoms with E-state index in [1.54, 1.807) is 6.07 Å². The first-order valence-electron chi connectivity index (χ1n) is 10.9. The molecule has 0 saturated heterocycles. The van der Waals surface area contributed by atoms with Crippen LogP contribution in [0.3, 0.4) is 0 Å². The lowest BCUT2D eigenvalue weighted by atomic mass is 9.91. The number of amides is 2. The summed E-state index contributed by atoms with van der Waals surface area (Å²) in [5, 5.41) is 5.31.